The zero-order valence-corrected chi connectivity index (χ0v) is 13.5. The highest BCUT2D eigenvalue weighted by Crippen LogP contribution is 2.45. The molecule has 0 bridgehead atoms. The van der Waals surface area contributed by atoms with Crippen LogP contribution < -0.4 is 0 Å². The van der Waals surface area contributed by atoms with Crippen LogP contribution in [0.5, 0.6) is 0 Å². The summed E-state index contributed by atoms with van der Waals surface area (Å²) in [4.78, 5) is 1.19. The molecule has 2 aromatic rings. The van der Waals surface area contributed by atoms with Gasteiger partial charge < -0.3 is 9.84 Å². The van der Waals surface area contributed by atoms with E-state index in [0.717, 1.165) is 0 Å². The molecule has 23 heavy (non-hydrogen) atoms. The molecule has 1 aliphatic heterocycles. The third kappa shape index (κ3) is 2.34. The second kappa shape index (κ2) is 5.78. The van der Waals surface area contributed by atoms with Crippen molar-refractivity contribution in [3.63, 3.8) is 0 Å². The van der Waals surface area contributed by atoms with E-state index in [0.29, 0.717) is 26.5 Å². The summed E-state index contributed by atoms with van der Waals surface area (Å²) >= 11 is 0. The molecule has 1 N–H and O–H groups in total. The zero-order valence-electron chi connectivity index (χ0n) is 12.7. The van der Waals surface area contributed by atoms with E-state index in [1.165, 1.54) is 0 Å². The van der Waals surface area contributed by atoms with Crippen LogP contribution in [-0.4, -0.2) is 15.6 Å². The maximum Gasteiger partial charge on any atom is 0.185 e. The lowest BCUT2D eigenvalue weighted by molar-refractivity contribution is -0.131. The number of fused-ring (bicyclic) bond motifs is 2. The number of aliphatic hydroxyl groups is 1. The van der Waals surface area contributed by atoms with E-state index in [4.69, 9.17) is 11.2 Å². The summed E-state index contributed by atoms with van der Waals surface area (Å²) < 4.78 is 18.7. The average molecular weight is 324 g/mol. The van der Waals surface area contributed by atoms with E-state index >= 15 is 0 Å². The van der Waals surface area contributed by atoms with Crippen molar-refractivity contribution in [2.24, 2.45) is 0 Å². The molecule has 0 aromatic heterocycles. The second-order valence-corrected chi connectivity index (χ2v) is 6.82. The Kier molecular flexibility index (Phi) is 3.95. The fourth-order valence-corrected chi connectivity index (χ4v) is 4.15. The van der Waals surface area contributed by atoms with E-state index < -0.39 is 22.7 Å². The van der Waals surface area contributed by atoms with Gasteiger partial charge in [-0.05, 0) is 24.6 Å². The molecule has 2 aromatic carbocycles. The first-order valence-electron chi connectivity index (χ1n) is 7.11. The first-order chi connectivity index (χ1) is 11.0. The lowest BCUT2D eigenvalue weighted by atomic mass is 9.86. The number of hydrogen-bond donors (Lipinski definition) is 1. The normalized spacial score (nSPS) is 23.3. The van der Waals surface area contributed by atoms with Crippen LogP contribution >= 0.6 is 0 Å². The van der Waals surface area contributed by atoms with Gasteiger partial charge in [0.15, 0.2) is 11.9 Å². The fraction of sp³-hybridized carbons (Fsp3) is 0.158. The molecule has 0 spiro atoms. The standard InChI is InChI=1S/C19H16O3S/c1-4-19(22-18(20)13(2)3)14-9-5-7-11-16(14)23(21)17-12-8-6-10-15(17)19/h1,5-12,18,20H,2H2,3H3. The number of terminal acetylenes is 1. The second-order valence-electron chi connectivity index (χ2n) is 5.40. The third-order valence-corrected chi connectivity index (χ3v) is 5.36. The molecule has 0 amide bonds. The van der Waals surface area contributed by atoms with Crippen molar-refractivity contribution in [3.05, 3.63) is 71.8 Å². The van der Waals surface area contributed by atoms with Crippen LogP contribution in [0.25, 0.3) is 0 Å². The van der Waals surface area contributed by atoms with Gasteiger partial charge in [-0.15, -0.1) is 6.42 Å². The van der Waals surface area contributed by atoms with Crippen LogP contribution in [0.15, 0.2) is 70.5 Å². The molecular formula is C19H16O3S. The Labute approximate surface area is 138 Å². The van der Waals surface area contributed by atoms with Crippen LogP contribution in [0, 0.1) is 12.3 Å². The summed E-state index contributed by atoms with van der Waals surface area (Å²) in [6.45, 7) is 5.37. The van der Waals surface area contributed by atoms with E-state index in [2.05, 4.69) is 12.5 Å². The van der Waals surface area contributed by atoms with Crippen molar-refractivity contribution in [2.75, 3.05) is 0 Å². The van der Waals surface area contributed by atoms with Gasteiger partial charge in [0.25, 0.3) is 0 Å². The minimum Gasteiger partial charge on any atom is -0.364 e. The maximum absolute atomic E-state index is 12.8. The number of rotatable bonds is 3. The Morgan fingerprint density at radius 2 is 1.70 bits per heavy atom. The molecule has 0 fully saturated rings. The molecular weight excluding hydrogens is 308 g/mol. The van der Waals surface area contributed by atoms with Crippen LogP contribution in [-0.2, 0) is 21.1 Å². The largest absolute Gasteiger partial charge is 0.364 e. The quantitative estimate of drug-likeness (QED) is 0.536. The minimum absolute atomic E-state index is 0.446. The van der Waals surface area contributed by atoms with Crippen LogP contribution in [0.3, 0.4) is 0 Å². The highest BCUT2D eigenvalue weighted by Gasteiger charge is 2.44. The van der Waals surface area contributed by atoms with Gasteiger partial charge in [0.05, 0.1) is 20.6 Å². The molecule has 4 heteroatoms. The summed E-state index contributed by atoms with van der Waals surface area (Å²) in [5.74, 6) is 2.68. The van der Waals surface area contributed by atoms with Crippen molar-refractivity contribution < 1.29 is 14.1 Å². The minimum atomic E-state index is -1.34. The molecule has 0 radical (unpaired) electrons. The predicted molar refractivity (Wildman–Crippen MR) is 89.1 cm³/mol. The number of hydrogen-bond acceptors (Lipinski definition) is 3. The van der Waals surface area contributed by atoms with Gasteiger partial charge in [0.1, 0.15) is 0 Å². The Hall–Kier alpha value is -2.19. The maximum atomic E-state index is 12.8. The van der Waals surface area contributed by atoms with Crippen molar-refractivity contribution in [2.45, 2.75) is 28.6 Å². The number of aliphatic hydroxyl groups excluding tert-OH is 1. The zero-order chi connectivity index (χ0) is 16.6. The summed E-state index contributed by atoms with van der Waals surface area (Å²) in [5.41, 5.74) is 0.361. The molecule has 1 heterocycles. The molecule has 116 valence electrons. The molecule has 1 aliphatic rings. The smallest absolute Gasteiger partial charge is 0.185 e. The Morgan fingerprint density at radius 3 is 2.13 bits per heavy atom. The summed E-state index contributed by atoms with van der Waals surface area (Å²) in [7, 11) is -1.34. The van der Waals surface area contributed by atoms with Crippen molar-refractivity contribution in [1.82, 2.24) is 0 Å². The summed E-state index contributed by atoms with van der Waals surface area (Å²) in [6, 6.07) is 14.3. The Balaban J connectivity index is 2.31. The first kappa shape index (κ1) is 15.7. The van der Waals surface area contributed by atoms with Crippen LogP contribution in [0.1, 0.15) is 18.1 Å². The Bertz CT molecular complexity index is 798. The van der Waals surface area contributed by atoms with Gasteiger partial charge in [-0.1, -0.05) is 48.9 Å². The summed E-state index contributed by atoms with van der Waals surface area (Å²) in [6.07, 6.45) is 4.62. The highest BCUT2D eigenvalue weighted by molar-refractivity contribution is 7.85. The topological polar surface area (TPSA) is 46.5 Å². The van der Waals surface area contributed by atoms with Gasteiger partial charge in [-0.25, -0.2) is 4.21 Å². The van der Waals surface area contributed by atoms with Gasteiger partial charge in [0, 0.05) is 11.1 Å². The molecule has 0 saturated carbocycles. The SMILES string of the molecule is C#CC1(OC(O)C(=C)C)c2ccccc2S(=O)c2ccccc21. The van der Waals surface area contributed by atoms with Crippen LogP contribution in [0.4, 0.5) is 0 Å². The molecule has 1 unspecified atom stereocenters. The third-order valence-electron chi connectivity index (χ3n) is 3.85. The van der Waals surface area contributed by atoms with E-state index in [1.54, 1.807) is 43.3 Å². The lowest BCUT2D eigenvalue weighted by Gasteiger charge is -2.37. The molecule has 3 rings (SSSR count). The van der Waals surface area contributed by atoms with Gasteiger partial charge in [0.2, 0.25) is 0 Å². The van der Waals surface area contributed by atoms with Gasteiger partial charge in [-0.3, -0.25) is 0 Å². The molecule has 3 nitrogen and oxygen atoms in total. The Morgan fingerprint density at radius 1 is 1.22 bits per heavy atom. The number of ether oxygens (including phenoxy) is 1. The lowest BCUT2D eigenvalue weighted by Crippen LogP contribution is -2.38. The van der Waals surface area contributed by atoms with Crippen molar-refractivity contribution >= 4 is 10.8 Å². The van der Waals surface area contributed by atoms with E-state index in [9.17, 15) is 9.32 Å². The van der Waals surface area contributed by atoms with Gasteiger partial charge >= 0.3 is 0 Å². The van der Waals surface area contributed by atoms with Crippen molar-refractivity contribution in [3.8, 4) is 12.3 Å². The fourth-order valence-electron chi connectivity index (χ4n) is 2.69. The van der Waals surface area contributed by atoms with E-state index in [-0.39, 0.29) is 0 Å². The summed E-state index contributed by atoms with van der Waals surface area (Å²) in [5, 5.41) is 10.2. The molecule has 0 saturated heterocycles. The average Bonchev–Trinajstić information content (AvgIpc) is 2.58. The highest BCUT2D eigenvalue weighted by atomic mass is 32.2. The molecule has 0 aliphatic carbocycles. The molecule has 1 atom stereocenters. The predicted octanol–water partition coefficient (Wildman–Crippen LogP) is 2.95. The number of benzene rings is 2. The van der Waals surface area contributed by atoms with Crippen molar-refractivity contribution in [1.29, 1.82) is 0 Å². The monoisotopic (exact) mass is 324 g/mol. The van der Waals surface area contributed by atoms with Crippen LogP contribution in [0.2, 0.25) is 0 Å². The van der Waals surface area contributed by atoms with Gasteiger partial charge in [-0.2, -0.15) is 0 Å². The first-order valence-corrected chi connectivity index (χ1v) is 8.26. The van der Waals surface area contributed by atoms with E-state index in [1.807, 2.05) is 12.1 Å².